The molecule has 0 rings (SSSR count). The predicted octanol–water partition coefficient (Wildman–Crippen LogP) is 20.2. The maximum absolute atomic E-state index is 12.9. The fraction of sp³-hybridized carbons (Fsp3) is 0.693. The summed E-state index contributed by atoms with van der Waals surface area (Å²) in [6.45, 7) is 2.43. The van der Waals surface area contributed by atoms with Gasteiger partial charge in [0.05, 0.1) is 26.4 Å². The van der Waals surface area contributed by atoms with Gasteiger partial charge in [-0.3, -0.25) is 32.5 Å². The van der Waals surface area contributed by atoms with Gasteiger partial charge in [-0.15, -0.1) is 0 Å². The Morgan fingerprint density at radius 1 is 0.312 bits per heavy atom. The van der Waals surface area contributed by atoms with Gasteiger partial charge in [-0.05, 0) is 128 Å². The lowest BCUT2D eigenvalue weighted by Gasteiger charge is -2.21. The van der Waals surface area contributed by atoms with E-state index in [1.54, 1.807) is 0 Å². The second-order valence-electron chi connectivity index (χ2n) is 23.6. The Morgan fingerprint density at radius 3 is 0.957 bits per heavy atom. The molecule has 4 N–H and O–H groups in total. The molecule has 0 fully saturated rings. The molecule has 0 aromatic carbocycles. The number of aliphatic hydroxyl groups is 2. The van der Waals surface area contributed by atoms with Gasteiger partial charge in [-0.2, -0.15) is 0 Å². The van der Waals surface area contributed by atoms with Crippen molar-refractivity contribution >= 4 is 33.6 Å². The lowest BCUT2D eigenvalue weighted by Crippen LogP contribution is -2.30. The van der Waals surface area contributed by atoms with Crippen molar-refractivity contribution in [3.8, 4) is 0 Å². The van der Waals surface area contributed by atoms with Crippen LogP contribution in [-0.2, 0) is 55.8 Å². The highest BCUT2D eigenvalue weighted by Gasteiger charge is 2.29. The molecule has 0 saturated carbocycles. The molecule has 0 aliphatic rings. The quantitative estimate of drug-likeness (QED) is 0.0146. The fourth-order valence-corrected chi connectivity index (χ4v) is 10.7. The van der Waals surface area contributed by atoms with Crippen LogP contribution in [-0.4, -0.2) is 95.9 Å². The number of hydrogen-bond donors (Lipinski definition) is 4. The van der Waals surface area contributed by atoms with Gasteiger partial charge in [0.15, 0.2) is 6.10 Å². The smallest absolute Gasteiger partial charge is 0.463 e. The number of aliphatic hydroxyl groups excluding tert-OH is 2. The lowest BCUT2D eigenvalue weighted by atomic mass is 10.0. The van der Waals surface area contributed by atoms with Crippen LogP contribution in [0.15, 0.2) is 122 Å². The van der Waals surface area contributed by atoms with Crippen molar-refractivity contribution in [2.45, 2.75) is 296 Å². The van der Waals surface area contributed by atoms with E-state index in [4.69, 9.17) is 32.3 Å². The molecule has 0 saturated heterocycles. The van der Waals surface area contributed by atoms with E-state index in [1.165, 1.54) is 83.5 Å². The molecule has 0 aromatic rings. The Kier molecular flexibility index (Phi) is 65.0. The predicted molar refractivity (Wildman–Crippen MR) is 380 cm³/mol. The molecular weight excluding hydrogens is 1220 g/mol. The summed E-state index contributed by atoms with van der Waals surface area (Å²) in [7, 11) is -9.79. The van der Waals surface area contributed by atoms with Crippen molar-refractivity contribution in [1.82, 2.24) is 0 Å². The molecule has 534 valence electrons. The van der Waals surface area contributed by atoms with Gasteiger partial charge in [-0.1, -0.05) is 251 Å². The third kappa shape index (κ3) is 69.1. The molecule has 5 unspecified atom stereocenters. The first-order chi connectivity index (χ1) is 45.2. The normalized spacial score (nSPS) is 14.9. The summed E-state index contributed by atoms with van der Waals surface area (Å²) in [5, 5.41) is 20.6. The maximum atomic E-state index is 12.9. The zero-order valence-corrected chi connectivity index (χ0v) is 59.7. The molecule has 0 heterocycles. The molecule has 0 spiro atoms. The molecular formula is C75H128O16P2. The van der Waals surface area contributed by atoms with Gasteiger partial charge in [0.25, 0.3) is 0 Å². The Labute approximate surface area is 563 Å². The van der Waals surface area contributed by atoms with Crippen LogP contribution in [0.4, 0.5) is 0 Å². The van der Waals surface area contributed by atoms with E-state index in [0.717, 1.165) is 135 Å². The van der Waals surface area contributed by atoms with Crippen LogP contribution in [0, 0.1) is 0 Å². The summed E-state index contributed by atoms with van der Waals surface area (Å²) in [5.41, 5.74) is 0. The minimum absolute atomic E-state index is 0.0838. The van der Waals surface area contributed by atoms with Crippen molar-refractivity contribution in [3.05, 3.63) is 122 Å². The first kappa shape index (κ1) is 89.0. The van der Waals surface area contributed by atoms with Gasteiger partial charge in [0, 0.05) is 19.3 Å². The first-order valence-corrected chi connectivity index (χ1v) is 38.8. The highest BCUT2D eigenvalue weighted by Crippen LogP contribution is 2.45. The van der Waals surface area contributed by atoms with Crippen LogP contribution >= 0.6 is 15.6 Å². The summed E-state index contributed by atoms with van der Waals surface area (Å²) in [6, 6.07) is 0. The maximum Gasteiger partial charge on any atom is 0.472 e. The zero-order valence-electron chi connectivity index (χ0n) is 57.9. The number of rotatable bonds is 67. The Morgan fingerprint density at radius 2 is 0.581 bits per heavy atom. The van der Waals surface area contributed by atoms with Crippen molar-refractivity contribution in [2.75, 3.05) is 39.6 Å². The first-order valence-electron chi connectivity index (χ1n) is 35.8. The summed E-state index contributed by atoms with van der Waals surface area (Å²) in [6.07, 6.45) is 78.4. The minimum Gasteiger partial charge on any atom is -0.463 e. The lowest BCUT2D eigenvalue weighted by molar-refractivity contribution is -0.161. The number of phosphoric acid groups is 2. The molecule has 93 heavy (non-hydrogen) atoms. The van der Waals surface area contributed by atoms with E-state index < -0.39 is 91.5 Å². The zero-order chi connectivity index (χ0) is 68.1. The van der Waals surface area contributed by atoms with Crippen molar-refractivity contribution < 1.29 is 75.8 Å². The van der Waals surface area contributed by atoms with E-state index >= 15 is 0 Å². The standard InChI is InChI=1S/C75H128O16P2/c1-4-7-10-13-16-19-22-24-26-28-30-31-32-33-34-35-36-37-39-41-42-44-47-49-52-55-58-61-73(78)85-64-70(76)65-87-92(81,82)88-66-71(77)67-89-93(83,84)90-69-72(91-75(80)63-60-57-54-51-46-21-18-15-12-9-6-3)68-86-74(79)62-59-56-53-50-48-45-43-40-38-29-27-25-23-20-17-14-11-8-5-2/h8,11,15-20,24-27,30-31,33-34,38,40,45,48,70-72,76-77H,4-7,9-10,12-14,21-23,28-29,32,35-37,39,41-44,46-47,49-69H2,1-3H3,(H,81,82)(H,83,84)/b11-8-,18-15-,19-16-,20-17-,26-24-,27-25-,31-30-,34-33-,40-38-,48-45-. The highest BCUT2D eigenvalue weighted by atomic mass is 31.2. The van der Waals surface area contributed by atoms with Gasteiger partial charge in [0.1, 0.15) is 25.4 Å². The van der Waals surface area contributed by atoms with E-state index in [2.05, 4.69) is 142 Å². The Bertz CT molecular complexity index is 2180. The summed E-state index contributed by atoms with van der Waals surface area (Å²) < 4.78 is 60.8. The Balaban J connectivity index is 4.51. The number of phosphoric ester groups is 2. The topological polar surface area (TPSA) is 231 Å². The molecule has 0 radical (unpaired) electrons. The average Bonchev–Trinajstić information content (AvgIpc) is 3.68. The molecule has 0 aromatic heterocycles. The largest absolute Gasteiger partial charge is 0.472 e. The molecule has 0 bridgehead atoms. The number of esters is 3. The molecule has 16 nitrogen and oxygen atoms in total. The average molecular weight is 1350 g/mol. The number of carbonyl (C=O) groups excluding carboxylic acids is 3. The Hall–Kier alpha value is -4.05. The molecule has 18 heteroatoms. The van der Waals surface area contributed by atoms with E-state index in [1.807, 2.05) is 0 Å². The number of allylic oxidation sites excluding steroid dienone is 20. The third-order valence-electron chi connectivity index (χ3n) is 14.6. The second kappa shape index (κ2) is 67.9. The number of unbranched alkanes of at least 4 members (excludes halogenated alkanes) is 24. The number of hydrogen-bond acceptors (Lipinski definition) is 14. The van der Waals surface area contributed by atoms with Gasteiger partial charge in [-0.25, -0.2) is 9.13 Å². The number of ether oxygens (including phenoxy) is 3. The summed E-state index contributed by atoms with van der Waals surface area (Å²) in [5.74, 6) is -1.63. The van der Waals surface area contributed by atoms with Crippen LogP contribution in [0.25, 0.3) is 0 Å². The van der Waals surface area contributed by atoms with Gasteiger partial charge in [0.2, 0.25) is 0 Å². The monoisotopic (exact) mass is 1350 g/mol. The fourth-order valence-electron chi connectivity index (χ4n) is 9.15. The van der Waals surface area contributed by atoms with E-state index in [0.29, 0.717) is 19.3 Å². The number of carbonyl (C=O) groups is 3. The third-order valence-corrected chi connectivity index (χ3v) is 16.5. The van der Waals surface area contributed by atoms with E-state index in [-0.39, 0.29) is 19.3 Å². The molecule has 0 aliphatic heterocycles. The van der Waals surface area contributed by atoms with Crippen LogP contribution in [0.5, 0.6) is 0 Å². The second-order valence-corrected chi connectivity index (χ2v) is 26.6. The van der Waals surface area contributed by atoms with Crippen LogP contribution < -0.4 is 0 Å². The van der Waals surface area contributed by atoms with E-state index in [9.17, 15) is 43.5 Å². The van der Waals surface area contributed by atoms with Gasteiger partial charge >= 0.3 is 33.6 Å². The molecule has 0 aliphatic carbocycles. The van der Waals surface area contributed by atoms with Crippen molar-refractivity contribution in [3.63, 3.8) is 0 Å². The highest BCUT2D eigenvalue weighted by molar-refractivity contribution is 7.47. The molecule has 0 amide bonds. The SMILES string of the molecule is CC/C=C\C/C=C\C/C=C\C/C=C\C/C=C\CCCCCC(=O)OCC(COP(=O)(O)OCC(O)COP(=O)(O)OCC(O)COC(=O)CCCCCCCCCCCCC/C=C\C/C=C\C/C=C\C/C=C\CCCCC)OC(=O)CCCCCCC/C=C\CCCC. The van der Waals surface area contributed by atoms with Crippen LogP contribution in [0.3, 0.4) is 0 Å². The van der Waals surface area contributed by atoms with Crippen LogP contribution in [0.2, 0.25) is 0 Å². The van der Waals surface area contributed by atoms with Crippen LogP contribution in [0.1, 0.15) is 278 Å². The van der Waals surface area contributed by atoms with Crippen molar-refractivity contribution in [1.29, 1.82) is 0 Å². The van der Waals surface area contributed by atoms with Gasteiger partial charge < -0.3 is 34.2 Å². The van der Waals surface area contributed by atoms with Crippen molar-refractivity contribution in [2.24, 2.45) is 0 Å². The summed E-state index contributed by atoms with van der Waals surface area (Å²) >= 11 is 0. The minimum atomic E-state index is -4.93. The molecule has 5 atom stereocenters. The summed E-state index contributed by atoms with van der Waals surface area (Å²) in [4.78, 5) is 58.3.